The Bertz CT molecular complexity index is 827. The molecule has 1 aliphatic heterocycles. The molecule has 3 rings (SSSR count). The molecule has 1 aliphatic rings. The molecular weight excluding hydrogens is 346 g/mol. The number of fused-ring (bicyclic) bond motifs is 2. The summed E-state index contributed by atoms with van der Waals surface area (Å²) in [5.74, 6) is 0.729. The normalized spacial score (nSPS) is 16.5. The van der Waals surface area contributed by atoms with Crippen molar-refractivity contribution in [1.82, 2.24) is 0 Å². The first-order chi connectivity index (χ1) is 12.9. The van der Waals surface area contributed by atoms with Gasteiger partial charge in [-0.1, -0.05) is 24.3 Å². The second-order valence-corrected chi connectivity index (χ2v) is 7.65. The summed E-state index contributed by atoms with van der Waals surface area (Å²) in [6.45, 7) is 6.68. The lowest BCUT2D eigenvalue weighted by Crippen LogP contribution is -2.36. The van der Waals surface area contributed by atoms with Crippen molar-refractivity contribution >= 4 is 22.6 Å². The Morgan fingerprint density at radius 2 is 1.93 bits per heavy atom. The quantitative estimate of drug-likeness (QED) is 0.731. The van der Waals surface area contributed by atoms with Gasteiger partial charge in [0.25, 0.3) is 0 Å². The van der Waals surface area contributed by atoms with Crippen molar-refractivity contribution in [3.05, 3.63) is 35.9 Å². The third kappa shape index (κ3) is 4.01. The number of carbonyl (C=O) groups is 1. The van der Waals surface area contributed by atoms with Crippen LogP contribution in [0.1, 0.15) is 32.3 Å². The van der Waals surface area contributed by atoms with Gasteiger partial charge in [-0.05, 0) is 32.2 Å². The van der Waals surface area contributed by atoms with E-state index in [0.29, 0.717) is 13.2 Å². The molecule has 0 saturated carbocycles. The minimum atomic E-state index is -0.567. The number of ether oxygens (including phenoxy) is 4. The van der Waals surface area contributed by atoms with Crippen LogP contribution in [-0.2, 0) is 14.2 Å². The van der Waals surface area contributed by atoms with Crippen LogP contribution < -0.4 is 9.64 Å². The lowest BCUT2D eigenvalue weighted by Gasteiger charge is -2.25. The Hall–Kier alpha value is -2.31. The van der Waals surface area contributed by atoms with Crippen LogP contribution in [0, 0.1) is 0 Å². The molecule has 0 saturated heterocycles. The number of benzene rings is 2. The highest BCUT2D eigenvalue weighted by Gasteiger charge is 2.38. The molecule has 1 heterocycles. The molecule has 0 radical (unpaired) electrons. The monoisotopic (exact) mass is 373 g/mol. The molecule has 27 heavy (non-hydrogen) atoms. The van der Waals surface area contributed by atoms with Crippen molar-refractivity contribution < 1.29 is 23.7 Å². The van der Waals surface area contributed by atoms with Gasteiger partial charge in [0, 0.05) is 37.6 Å². The van der Waals surface area contributed by atoms with Gasteiger partial charge in [-0.25, -0.2) is 4.79 Å². The van der Waals surface area contributed by atoms with Gasteiger partial charge in [0.2, 0.25) is 0 Å². The number of hydrogen-bond acceptors (Lipinski definition) is 5. The Labute approximate surface area is 159 Å². The van der Waals surface area contributed by atoms with Crippen molar-refractivity contribution in [3.63, 3.8) is 0 Å². The van der Waals surface area contributed by atoms with E-state index in [9.17, 15) is 4.79 Å². The van der Waals surface area contributed by atoms with Gasteiger partial charge in [0.05, 0.1) is 12.3 Å². The molecule has 0 spiro atoms. The molecule has 0 fully saturated rings. The molecule has 1 atom stereocenters. The fourth-order valence-electron chi connectivity index (χ4n) is 3.44. The fourth-order valence-corrected chi connectivity index (χ4v) is 3.44. The van der Waals surface area contributed by atoms with Crippen LogP contribution in [0.2, 0.25) is 0 Å². The Balaban J connectivity index is 2.14. The summed E-state index contributed by atoms with van der Waals surface area (Å²) in [7, 11) is 3.25. The van der Waals surface area contributed by atoms with Crippen LogP contribution in [-0.4, -0.2) is 45.9 Å². The number of rotatable bonds is 5. The Morgan fingerprint density at radius 3 is 2.59 bits per heavy atom. The standard InChI is InChI=1S/C21H27NO5/c1-21(2,3)27-20(23)22-11-15(12-24-4)18-17(22)10-14-8-6-7-9-16(14)19(18)26-13-25-5/h6-10,15H,11-13H2,1-5H3. The fraction of sp³-hybridized carbons (Fsp3) is 0.476. The predicted octanol–water partition coefficient (Wildman–Crippen LogP) is 4.31. The van der Waals surface area contributed by atoms with Crippen molar-refractivity contribution in [1.29, 1.82) is 0 Å². The lowest BCUT2D eigenvalue weighted by atomic mass is 9.96. The number of nitrogens with zero attached hydrogens (tertiary/aromatic N) is 1. The zero-order chi connectivity index (χ0) is 19.6. The zero-order valence-electron chi connectivity index (χ0n) is 16.6. The molecule has 1 unspecified atom stereocenters. The van der Waals surface area contributed by atoms with E-state index < -0.39 is 5.60 Å². The summed E-state index contributed by atoms with van der Waals surface area (Å²) in [6, 6.07) is 9.98. The smallest absolute Gasteiger partial charge is 0.414 e. The summed E-state index contributed by atoms with van der Waals surface area (Å²) in [4.78, 5) is 14.5. The van der Waals surface area contributed by atoms with E-state index in [1.807, 2.05) is 51.1 Å². The van der Waals surface area contributed by atoms with Gasteiger partial charge in [0.1, 0.15) is 11.4 Å². The van der Waals surface area contributed by atoms with Gasteiger partial charge in [-0.2, -0.15) is 0 Å². The van der Waals surface area contributed by atoms with E-state index >= 15 is 0 Å². The van der Waals surface area contributed by atoms with Crippen molar-refractivity contribution in [2.24, 2.45) is 0 Å². The number of carbonyl (C=O) groups excluding carboxylic acids is 1. The highest BCUT2D eigenvalue weighted by molar-refractivity contribution is 6.00. The van der Waals surface area contributed by atoms with Gasteiger partial charge >= 0.3 is 6.09 Å². The summed E-state index contributed by atoms with van der Waals surface area (Å²) in [6.07, 6.45) is -0.365. The van der Waals surface area contributed by atoms with E-state index in [2.05, 4.69) is 0 Å². The maximum atomic E-state index is 12.8. The van der Waals surface area contributed by atoms with Crippen molar-refractivity contribution in [2.45, 2.75) is 32.3 Å². The highest BCUT2D eigenvalue weighted by Crippen LogP contribution is 2.47. The largest absolute Gasteiger partial charge is 0.467 e. The summed E-state index contributed by atoms with van der Waals surface area (Å²) < 4.78 is 22.1. The Kier molecular flexibility index (Phi) is 5.58. The molecule has 6 nitrogen and oxygen atoms in total. The topological polar surface area (TPSA) is 57.2 Å². The van der Waals surface area contributed by atoms with E-state index in [-0.39, 0.29) is 18.8 Å². The SMILES string of the molecule is COCOc1c2c(cc3ccccc13)N(C(=O)OC(C)(C)C)CC2COC. The van der Waals surface area contributed by atoms with Crippen LogP contribution in [0.15, 0.2) is 30.3 Å². The van der Waals surface area contributed by atoms with Crippen LogP contribution >= 0.6 is 0 Å². The van der Waals surface area contributed by atoms with Crippen molar-refractivity contribution in [2.75, 3.05) is 39.1 Å². The van der Waals surface area contributed by atoms with Gasteiger partial charge < -0.3 is 18.9 Å². The van der Waals surface area contributed by atoms with Crippen molar-refractivity contribution in [3.8, 4) is 5.75 Å². The summed E-state index contributed by atoms with van der Waals surface area (Å²) in [5, 5.41) is 1.98. The average Bonchev–Trinajstić information content (AvgIpc) is 2.96. The van der Waals surface area contributed by atoms with E-state index in [4.69, 9.17) is 18.9 Å². The maximum Gasteiger partial charge on any atom is 0.414 e. The van der Waals surface area contributed by atoms with Crippen LogP contribution in [0.5, 0.6) is 5.75 Å². The minimum absolute atomic E-state index is 0.00557. The minimum Gasteiger partial charge on any atom is -0.467 e. The summed E-state index contributed by atoms with van der Waals surface area (Å²) >= 11 is 0. The molecule has 146 valence electrons. The first-order valence-electron chi connectivity index (χ1n) is 9.02. The van der Waals surface area contributed by atoms with E-state index in [1.165, 1.54) is 0 Å². The first-order valence-corrected chi connectivity index (χ1v) is 9.02. The molecule has 2 aromatic rings. The molecule has 1 amide bonds. The molecule has 0 aromatic heterocycles. The third-order valence-corrected chi connectivity index (χ3v) is 4.42. The van der Waals surface area contributed by atoms with Crippen LogP contribution in [0.4, 0.5) is 10.5 Å². The molecule has 6 heteroatoms. The van der Waals surface area contributed by atoms with Gasteiger partial charge in [0.15, 0.2) is 6.79 Å². The second-order valence-electron chi connectivity index (χ2n) is 7.65. The van der Waals surface area contributed by atoms with E-state index in [1.54, 1.807) is 19.1 Å². The number of anilines is 1. The number of amides is 1. The highest BCUT2D eigenvalue weighted by atomic mass is 16.7. The molecule has 0 bridgehead atoms. The lowest BCUT2D eigenvalue weighted by molar-refractivity contribution is 0.0510. The molecular formula is C21H27NO5. The van der Waals surface area contributed by atoms with Gasteiger partial charge in [-0.15, -0.1) is 0 Å². The molecule has 0 aliphatic carbocycles. The Morgan fingerprint density at radius 1 is 1.19 bits per heavy atom. The van der Waals surface area contributed by atoms with Crippen LogP contribution in [0.25, 0.3) is 10.8 Å². The van der Waals surface area contributed by atoms with E-state index in [0.717, 1.165) is 27.8 Å². The molecule has 0 N–H and O–H groups in total. The number of methoxy groups -OCH3 is 2. The second kappa shape index (κ2) is 7.74. The van der Waals surface area contributed by atoms with Crippen LogP contribution in [0.3, 0.4) is 0 Å². The zero-order valence-corrected chi connectivity index (χ0v) is 16.6. The molecule has 2 aromatic carbocycles. The summed E-state index contributed by atoms with van der Waals surface area (Å²) in [5.41, 5.74) is 1.19. The average molecular weight is 373 g/mol. The third-order valence-electron chi connectivity index (χ3n) is 4.42. The predicted molar refractivity (Wildman–Crippen MR) is 105 cm³/mol. The van der Waals surface area contributed by atoms with Gasteiger partial charge in [-0.3, -0.25) is 4.90 Å². The number of hydrogen-bond donors (Lipinski definition) is 0. The maximum absolute atomic E-state index is 12.8. The first kappa shape index (κ1) is 19.5.